The molecule has 4 aliphatic rings. The third-order valence-electron chi connectivity index (χ3n) is 9.97. The van der Waals surface area contributed by atoms with E-state index in [9.17, 15) is 35.9 Å². The molecule has 0 saturated heterocycles. The predicted octanol–water partition coefficient (Wildman–Crippen LogP) is 7.25. The molecule has 5 rings (SSSR count). The molecule has 1 aliphatic heterocycles. The van der Waals surface area contributed by atoms with Crippen LogP contribution in [0.2, 0.25) is 0 Å². The highest BCUT2D eigenvalue weighted by Crippen LogP contribution is 2.66. The van der Waals surface area contributed by atoms with E-state index in [0.29, 0.717) is 37.5 Å². The standard InChI is InChI=1S/C28H31F6NO3/c1-14-11-20-26(3,10-8-21(36)38-20)16-7-9-25(2)13-15(12-19(25)22(14)16)24(37)35-23-17(27(29,30)31)5-4-6-18(23)28(32,33)34/h4-6,8,10,14-16,19-20,22H,7,9,11-13H2,1-3H3,(H,35,37)/t14?,15?,16-,19+,20?,22-,25-,26-/m1/s1. The Bertz CT molecular complexity index is 1140. The molecular weight excluding hydrogens is 512 g/mol. The van der Waals surface area contributed by atoms with Crippen LogP contribution in [-0.4, -0.2) is 18.0 Å². The van der Waals surface area contributed by atoms with Gasteiger partial charge in [-0.2, -0.15) is 26.3 Å². The van der Waals surface area contributed by atoms with Crippen molar-refractivity contribution in [2.45, 2.75) is 71.3 Å². The number of para-hydroxylation sites is 1. The van der Waals surface area contributed by atoms with E-state index in [1.807, 2.05) is 6.08 Å². The van der Waals surface area contributed by atoms with Gasteiger partial charge in [0.05, 0.1) is 16.8 Å². The number of anilines is 1. The molecule has 38 heavy (non-hydrogen) atoms. The normalized spacial score (nSPS) is 38.6. The number of benzene rings is 1. The number of esters is 1. The van der Waals surface area contributed by atoms with E-state index >= 15 is 0 Å². The monoisotopic (exact) mass is 543 g/mol. The SMILES string of the molecule is CC1CC2OC(=O)C=C[C@]2(C)[C@@H]2CC[C@]3(C)CC(C(=O)Nc4c(C(F)(F)F)cccc4C(F)(F)F)C[C@H]3[C@H]12. The maximum absolute atomic E-state index is 13.6. The number of alkyl halides is 6. The molecule has 0 bridgehead atoms. The number of hydrogen-bond acceptors (Lipinski definition) is 3. The van der Waals surface area contributed by atoms with Crippen molar-refractivity contribution < 1.29 is 40.7 Å². The Morgan fingerprint density at radius 1 is 1.03 bits per heavy atom. The van der Waals surface area contributed by atoms with E-state index < -0.39 is 41.0 Å². The third kappa shape index (κ3) is 4.31. The minimum atomic E-state index is -5.06. The lowest BCUT2D eigenvalue weighted by atomic mass is 9.47. The summed E-state index contributed by atoms with van der Waals surface area (Å²) in [5.74, 6) is -1.20. The van der Waals surface area contributed by atoms with E-state index in [1.165, 1.54) is 6.08 Å². The second-order valence-electron chi connectivity index (χ2n) is 12.2. The molecule has 1 aromatic rings. The zero-order chi connectivity index (χ0) is 27.8. The van der Waals surface area contributed by atoms with E-state index in [2.05, 4.69) is 26.1 Å². The van der Waals surface area contributed by atoms with Gasteiger partial charge in [-0.15, -0.1) is 0 Å². The molecule has 10 heteroatoms. The van der Waals surface area contributed by atoms with Crippen LogP contribution in [0.5, 0.6) is 0 Å². The molecular formula is C28H31F6NO3. The van der Waals surface area contributed by atoms with E-state index in [0.717, 1.165) is 12.8 Å². The van der Waals surface area contributed by atoms with Crippen LogP contribution in [0.25, 0.3) is 0 Å². The average Bonchev–Trinajstić information content (AvgIpc) is 3.17. The molecule has 4 nitrogen and oxygen atoms in total. The van der Waals surface area contributed by atoms with Crippen molar-refractivity contribution in [1.29, 1.82) is 0 Å². The summed E-state index contributed by atoms with van der Waals surface area (Å²) < 4.78 is 87.4. The molecule has 3 unspecified atom stereocenters. The Hall–Kier alpha value is -2.52. The van der Waals surface area contributed by atoms with Crippen molar-refractivity contribution in [3.63, 3.8) is 0 Å². The Morgan fingerprint density at radius 3 is 2.26 bits per heavy atom. The predicted molar refractivity (Wildman–Crippen MR) is 127 cm³/mol. The van der Waals surface area contributed by atoms with Crippen molar-refractivity contribution in [2.24, 2.45) is 40.4 Å². The first kappa shape index (κ1) is 27.1. The van der Waals surface area contributed by atoms with Crippen molar-refractivity contribution in [3.05, 3.63) is 41.5 Å². The molecule has 1 aromatic carbocycles. The van der Waals surface area contributed by atoms with Crippen molar-refractivity contribution in [3.8, 4) is 0 Å². The maximum atomic E-state index is 13.6. The first-order valence-electron chi connectivity index (χ1n) is 13.0. The van der Waals surface area contributed by atoms with Crippen LogP contribution in [0.4, 0.5) is 32.0 Å². The fourth-order valence-electron chi connectivity index (χ4n) is 8.18. The summed E-state index contributed by atoms with van der Waals surface area (Å²) in [6, 6.07) is 1.80. The second-order valence-corrected chi connectivity index (χ2v) is 12.2. The molecule has 1 heterocycles. The van der Waals surface area contributed by atoms with Crippen LogP contribution < -0.4 is 5.32 Å². The van der Waals surface area contributed by atoms with Crippen molar-refractivity contribution in [2.75, 3.05) is 5.32 Å². The Morgan fingerprint density at radius 2 is 1.66 bits per heavy atom. The first-order chi connectivity index (χ1) is 17.5. The van der Waals surface area contributed by atoms with Gasteiger partial charge in [0, 0.05) is 17.4 Å². The molecule has 0 radical (unpaired) electrons. The number of hydrogen-bond donors (Lipinski definition) is 1. The smallest absolute Gasteiger partial charge is 0.418 e. The topological polar surface area (TPSA) is 55.4 Å². The van der Waals surface area contributed by atoms with Gasteiger partial charge in [0.2, 0.25) is 5.91 Å². The number of carbonyl (C=O) groups is 2. The number of fused-ring (bicyclic) bond motifs is 5. The van der Waals surface area contributed by atoms with Crippen molar-refractivity contribution >= 4 is 17.6 Å². The van der Waals surface area contributed by atoms with Gasteiger partial charge in [0.25, 0.3) is 0 Å². The summed E-state index contributed by atoms with van der Waals surface area (Å²) >= 11 is 0. The summed E-state index contributed by atoms with van der Waals surface area (Å²) in [6.45, 7) is 6.29. The Kier molecular flexibility index (Phi) is 6.23. The fourth-order valence-corrected chi connectivity index (χ4v) is 8.18. The highest BCUT2D eigenvalue weighted by molar-refractivity contribution is 5.94. The zero-order valence-corrected chi connectivity index (χ0v) is 21.4. The zero-order valence-electron chi connectivity index (χ0n) is 21.4. The van der Waals surface area contributed by atoms with Gasteiger partial charge < -0.3 is 10.1 Å². The van der Waals surface area contributed by atoms with Gasteiger partial charge in [-0.1, -0.05) is 32.9 Å². The average molecular weight is 544 g/mol. The number of amides is 1. The van der Waals surface area contributed by atoms with Gasteiger partial charge in [-0.3, -0.25) is 4.79 Å². The lowest BCUT2D eigenvalue weighted by molar-refractivity contribution is -0.173. The van der Waals surface area contributed by atoms with E-state index in [4.69, 9.17) is 4.74 Å². The number of rotatable bonds is 2. The van der Waals surface area contributed by atoms with Gasteiger partial charge in [-0.05, 0) is 73.3 Å². The van der Waals surface area contributed by atoms with E-state index in [1.54, 1.807) is 0 Å². The van der Waals surface area contributed by atoms with Gasteiger partial charge in [0.15, 0.2) is 0 Å². The summed E-state index contributed by atoms with van der Waals surface area (Å²) in [6.07, 6.45) is -3.84. The minimum Gasteiger partial charge on any atom is -0.458 e. The summed E-state index contributed by atoms with van der Waals surface area (Å²) in [4.78, 5) is 25.2. The quantitative estimate of drug-likeness (QED) is 0.316. The Labute approximate surface area is 217 Å². The maximum Gasteiger partial charge on any atom is 0.418 e. The molecule has 3 saturated carbocycles. The van der Waals surface area contributed by atoms with Gasteiger partial charge in [0.1, 0.15) is 6.10 Å². The summed E-state index contributed by atoms with van der Waals surface area (Å²) in [5.41, 5.74) is -4.86. The van der Waals surface area contributed by atoms with Crippen LogP contribution in [0.1, 0.15) is 64.0 Å². The molecule has 3 fully saturated rings. The molecule has 1 amide bonds. The largest absolute Gasteiger partial charge is 0.458 e. The number of carbonyl (C=O) groups excluding carboxylic acids is 2. The molecule has 208 valence electrons. The number of nitrogens with one attached hydrogen (secondary N) is 1. The van der Waals surface area contributed by atoms with Crippen LogP contribution in [0, 0.1) is 40.4 Å². The summed E-state index contributed by atoms with van der Waals surface area (Å²) in [5, 5.41) is 2.05. The van der Waals surface area contributed by atoms with Gasteiger partial charge >= 0.3 is 18.3 Å². The molecule has 0 spiro atoms. The number of halogens is 6. The second kappa shape index (κ2) is 8.74. The van der Waals surface area contributed by atoms with Crippen molar-refractivity contribution in [1.82, 2.24) is 0 Å². The third-order valence-corrected chi connectivity index (χ3v) is 9.97. The number of ether oxygens (including phenoxy) is 1. The van der Waals surface area contributed by atoms with Crippen LogP contribution in [0.15, 0.2) is 30.4 Å². The minimum absolute atomic E-state index is 0.0794. The lowest BCUT2D eigenvalue weighted by Crippen LogP contribution is -2.57. The highest BCUT2D eigenvalue weighted by Gasteiger charge is 2.62. The van der Waals surface area contributed by atoms with Crippen LogP contribution in [0.3, 0.4) is 0 Å². The fraction of sp³-hybridized carbons (Fsp3) is 0.643. The molecule has 0 aromatic heterocycles. The highest BCUT2D eigenvalue weighted by atomic mass is 19.4. The van der Waals surface area contributed by atoms with Crippen LogP contribution in [-0.2, 0) is 26.7 Å². The molecule has 8 atom stereocenters. The first-order valence-corrected chi connectivity index (χ1v) is 13.0. The van der Waals surface area contributed by atoms with Gasteiger partial charge in [-0.25, -0.2) is 4.79 Å². The van der Waals surface area contributed by atoms with E-state index in [-0.39, 0.29) is 46.6 Å². The van der Waals surface area contributed by atoms with Crippen LogP contribution >= 0.6 is 0 Å². The molecule has 1 N–H and O–H groups in total. The molecule has 3 aliphatic carbocycles. The lowest BCUT2D eigenvalue weighted by Gasteiger charge is -2.59. The summed E-state index contributed by atoms with van der Waals surface area (Å²) in [7, 11) is 0. The Balaban J connectivity index is 1.43.